The van der Waals surface area contributed by atoms with Crippen molar-refractivity contribution in [3.05, 3.63) is 58.6 Å². The zero-order chi connectivity index (χ0) is 26.3. The Hall–Kier alpha value is -2.06. The van der Waals surface area contributed by atoms with E-state index in [1.54, 1.807) is 30.3 Å². The fourth-order valence-corrected chi connectivity index (χ4v) is 10.3. The third-order valence-corrected chi connectivity index (χ3v) is 12.0. The van der Waals surface area contributed by atoms with E-state index in [1.807, 2.05) is 0 Å². The maximum absolute atomic E-state index is 12.6. The topological polar surface area (TPSA) is 233 Å². The van der Waals surface area contributed by atoms with Crippen molar-refractivity contribution in [2.24, 2.45) is 0 Å². The molecular formula is C17H20N3O13P3. The number of rotatable bonds is 6. The Kier molecular flexibility index (Phi) is 7.50. The number of hydrogen-bond acceptors (Lipinski definition) is 12. The quantitative estimate of drug-likeness (QED) is 0.301. The van der Waals surface area contributed by atoms with Crippen LogP contribution in [0.2, 0.25) is 0 Å². The van der Waals surface area contributed by atoms with Crippen LogP contribution in [0.5, 0.6) is 0 Å². The van der Waals surface area contributed by atoms with Gasteiger partial charge in [0.25, 0.3) is 5.91 Å². The van der Waals surface area contributed by atoms with E-state index in [9.17, 15) is 43.3 Å². The van der Waals surface area contributed by atoms with Crippen molar-refractivity contribution in [2.75, 3.05) is 17.8 Å². The van der Waals surface area contributed by atoms with Gasteiger partial charge in [-0.15, -0.1) is 0 Å². The van der Waals surface area contributed by atoms with E-state index in [4.69, 9.17) is 9.26 Å². The lowest BCUT2D eigenvalue weighted by molar-refractivity contribution is -0.0524. The zero-order valence-corrected chi connectivity index (χ0v) is 20.6. The van der Waals surface area contributed by atoms with Crippen LogP contribution in [0, 0.1) is 0 Å². The number of aliphatic hydroxyl groups is 2. The molecule has 0 spiro atoms. The molecule has 3 heterocycles. The summed E-state index contributed by atoms with van der Waals surface area (Å²) in [5.74, 6) is -1.84. The van der Waals surface area contributed by atoms with Gasteiger partial charge < -0.3 is 34.6 Å². The molecule has 19 heteroatoms. The standard InChI is InChI=1S/C17H20N3O13P3/c21-13-11(8-30-35(27)9-34(25,26)32-36(28,29)33-35)31-16(14(13)22)20-7-6-12(19-17(20)24)18-15(23)10-4-2-1-3-5-10/h1-7,11,13-14,16,21-22H,8-9H2,(H,25,26)(H,28,29)(H,18,19,23,24)/t11-,13?,14+,16-,35?/m1/s1. The zero-order valence-electron chi connectivity index (χ0n) is 18.0. The minimum atomic E-state index is -5.16. The van der Waals surface area contributed by atoms with Crippen molar-refractivity contribution in [1.29, 1.82) is 0 Å². The Balaban J connectivity index is 1.44. The van der Waals surface area contributed by atoms with Crippen LogP contribution in [0.1, 0.15) is 16.6 Å². The monoisotopic (exact) mass is 567 g/mol. The Bertz CT molecular complexity index is 1320. The molecule has 5 N–H and O–H groups in total. The highest BCUT2D eigenvalue weighted by Gasteiger charge is 2.53. The summed E-state index contributed by atoms with van der Waals surface area (Å²) < 4.78 is 55.3. The second-order valence-corrected chi connectivity index (χ2v) is 13.8. The molecule has 2 fully saturated rings. The SMILES string of the molecule is O=C(Nc1ccn([C@@H]2O[C@H](COP3(=O)CP(=O)(O)OP(=O)(O)O3)C(O)[C@@H]2O)c(=O)n1)c1ccccc1. The summed E-state index contributed by atoms with van der Waals surface area (Å²) in [5.41, 5.74) is -0.631. The molecular weight excluding hydrogens is 547 g/mol. The summed E-state index contributed by atoms with van der Waals surface area (Å²) in [5, 5.41) is 23.1. The molecule has 7 atom stereocenters. The maximum atomic E-state index is 12.6. The molecule has 196 valence electrons. The number of anilines is 1. The van der Waals surface area contributed by atoms with Crippen LogP contribution >= 0.6 is 23.0 Å². The Morgan fingerprint density at radius 1 is 1.11 bits per heavy atom. The van der Waals surface area contributed by atoms with Gasteiger partial charge in [-0.2, -0.15) is 4.98 Å². The molecule has 2 aliphatic heterocycles. The van der Waals surface area contributed by atoms with Crippen LogP contribution in [-0.4, -0.2) is 66.3 Å². The van der Waals surface area contributed by atoms with Crippen molar-refractivity contribution >= 4 is 34.7 Å². The number of hydrogen-bond donors (Lipinski definition) is 5. The normalized spacial score (nSPS) is 36.4. The molecule has 0 saturated carbocycles. The lowest BCUT2D eigenvalue weighted by Gasteiger charge is -2.28. The molecule has 0 radical (unpaired) electrons. The largest absolute Gasteiger partial charge is 0.486 e. The molecule has 1 aromatic carbocycles. The van der Waals surface area contributed by atoms with Gasteiger partial charge in [0.05, 0.1) is 6.61 Å². The van der Waals surface area contributed by atoms with Crippen LogP contribution in [-0.2, 0) is 31.6 Å². The van der Waals surface area contributed by atoms with Crippen LogP contribution in [0.15, 0.2) is 47.4 Å². The van der Waals surface area contributed by atoms with Crippen molar-refractivity contribution in [1.82, 2.24) is 9.55 Å². The van der Waals surface area contributed by atoms with E-state index < -0.39 is 71.7 Å². The molecule has 2 aromatic rings. The Morgan fingerprint density at radius 2 is 1.81 bits per heavy atom. The molecule has 4 unspecified atom stereocenters. The summed E-state index contributed by atoms with van der Waals surface area (Å²) in [4.78, 5) is 47.2. The first kappa shape index (κ1) is 27.0. The fourth-order valence-electron chi connectivity index (χ4n) is 3.41. The highest BCUT2D eigenvalue weighted by Crippen LogP contribution is 2.78. The molecule has 4 rings (SSSR count). The number of carbonyl (C=O) groups is 1. The molecule has 0 aliphatic carbocycles. The second-order valence-electron chi connectivity index (χ2n) is 7.69. The minimum absolute atomic E-state index is 0.0883. The van der Waals surface area contributed by atoms with E-state index in [0.717, 1.165) is 10.8 Å². The number of aromatic nitrogens is 2. The van der Waals surface area contributed by atoms with E-state index in [1.165, 1.54) is 6.07 Å². The lowest BCUT2D eigenvalue weighted by atomic mass is 10.1. The van der Waals surface area contributed by atoms with Crippen LogP contribution in [0.25, 0.3) is 0 Å². The predicted molar refractivity (Wildman–Crippen MR) is 119 cm³/mol. The van der Waals surface area contributed by atoms with Gasteiger partial charge >= 0.3 is 28.7 Å². The number of amides is 1. The fraction of sp³-hybridized carbons (Fsp3) is 0.353. The number of nitrogens with zero attached hydrogens (tertiary/aromatic N) is 2. The average Bonchev–Trinajstić information content (AvgIpc) is 3.04. The van der Waals surface area contributed by atoms with Crippen molar-refractivity contribution in [3.63, 3.8) is 0 Å². The number of aliphatic hydroxyl groups excluding tert-OH is 2. The predicted octanol–water partition coefficient (Wildman–Crippen LogP) is 0.615. The minimum Gasteiger partial charge on any atom is -0.387 e. The van der Waals surface area contributed by atoms with Crippen LogP contribution in [0.3, 0.4) is 0 Å². The second kappa shape index (κ2) is 10.0. The molecule has 0 bridgehead atoms. The summed E-state index contributed by atoms with van der Waals surface area (Å²) >= 11 is 0. The van der Waals surface area contributed by atoms with Crippen molar-refractivity contribution < 1.29 is 56.4 Å². The molecule has 16 nitrogen and oxygen atoms in total. The smallest absolute Gasteiger partial charge is 0.387 e. The molecule has 1 amide bonds. The maximum Gasteiger partial charge on any atom is 0.486 e. The third kappa shape index (κ3) is 6.08. The summed E-state index contributed by atoms with van der Waals surface area (Å²) in [6.45, 7) is -0.820. The number of carbonyl (C=O) groups excluding carboxylic acids is 1. The molecule has 2 saturated heterocycles. The van der Waals surface area contributed by atoms with Gasteiger partial charge in [0.2, 0.25) is 0 Å². The number of benzene rings is 1. The van der Waals surface area contributed by atoms with Crippen molar-refractivity contribution in [3.8, 4) is 0 Å². The number of ether oxygens (including phenoxy) is 1. The Labute approximate surface area is 202 Å². The van der Waals surface area contributed by atoms with Gasteiger partial charge in [-0.05, 0) is 18.2 Å². The summed E-state index contributed by atoms with van der Waals surface area (Å²) in [6, 6.07) is 9.39. The van der Waals surface area contributed by atoms with Gasteiger partial charge in [-0.1, -0.05) is 18.2 Å². The van der Waals surface area contributed by atoms with Gasteiger partial charge in [0.15, 0.2) is 12.1 Å². The summed E-state index contributed by atoms with van der Waals surface area (Å²) in [6.07, 6.45) is -5.19. The number of nitrogens with one attached hydrogen (secondary N) is 1. The van der Waals surface area contributed by atoms with E-state index in [-0.39, 0.29) is 5.82 Å². The third-order valence-electron chi connectivity index (χ3n) is 4.96. The highest BCUT2D eigenvalue weighted by atomic mass is 31.3. The van der Waals surface area contributed by atoms with E-state index >= 15 is 0 Å². The van der Waals surface area contributed by atoms with E-state index in [2.05, 4.69) is 18.9 Å². The first-order valence-corrected chi connectivity index (χ1v) is 15.0. The highest BCUT2D eigenvalue weighted by molar-refractivity contribution is 7.81. The molecule has 1 aromatic heterocycles. The lowest BCUT2D eigenvalue weighted by Crippen LogP contribution is -2.36. The van der Waals surface area contributed by atoms with Crippen LogP contribution < -0.4 is 11.0 Å². The first-order valence-electron chi connectivity index (χ1n) is 10.1. The first-order chi connectivity index (χ1) is 16.8. The van der Waals surface area contributed by atoms with Gasteiger partial charge in [-0.25, -0.2) is 18.0 Å². The van der Waals surface area contributed by atoms with Gasteiger partial charge in [0, 0.05) is 11.8 Å². The average molecular weight is 567 g/mol. The summed E-state index contributed by atoms with van der Waals surface area (Å²) in [7, 11) is -14.6. The van der Waals surface area contributed by atoms with E-state index in [0.29, 0.717) is 5.56 Å². The number of phosphoric acid groups is 1. The van der Waals surface area contributed by atoms with Crippen LogP contribution in [0.4, 0.5) is 5.82 Å². The molecule has 36 heavy (non-hydrogen) atoms. The van der Waals surface area contributed by atoms with Gasteiger partial charge in [0.1, 0.15) is 24.1 Å². The van der Waals surface area contributed by atoms with Crippen molar-refractivity contribution in [2.45, 2.75) is 24.5 Å². The van der Waals surface area contributed by atoms with Gasteiger partial charge in [-0.3, -0.25) is 18.5 Å². The Morgan fingerprint density at radius 3 is 2.44 bits per heavy atom. The molecule has 2 aliphatic rings.